The van der Waals surface area contributed by atoms with Gasteiger partial charge in [-0.3, -0.25) is 0 Å². The molecule has 2 nitrogen and oxygen atoms in total. The van der Waals surface area contributed by atoms with Gasteiger partial charge >= 0.3 is 0 Å². The Balaban J connectivity index is 2.13. The maximum Gasteiger partial charge on any atom is 0.129 e. The van der Waals surface area contributed by atoms with Crippen molar-refractivity contribution >= 4 is 10.9 Å². The predicted molar refractivity (Wildman–Crippen MR) is 76.9 cm³/mol. The Morgan fingerprint density at radius 1 is 0.842 bits per heavy atom. The minimum atomic E-state index is -1.08. The normalized spacial score (nSPS) is 14.2. The Bertz CT molecular complexity index is 705. The highest BCUT2D eigenvalue weighted by Gasteiger charge is 2.26. The molecule has 3 rings (SSSR count). The molecule has 0 saturated carbocycles. The van der Waals surface area contributed by atoms with E-state index in [2.05, 4.69) is 4.98 Å². The molecule has 94 valence electrons. The van der Waals surface area contributed by atoms with Crippen LogP contribution < -0.4 is 0 Å². The van der Waals surface area contributed by atoms with Crippen LogP contribution in [0, 0.1) is 0 Å². The monoisotopic (exact) mass is 249 g/mol. The standard InChI is InChI=1S/C17H15NO/c1-17(19,14-8-3-2-4-9-14)16-12-11-13-7-5-6-10-15(13)18-16/h2-12,19H,1H3/t17-/m1/s1. The summed E-state index contributed by atoms with van der Waals surface area (Å²) in [4.78, 5) is 4.57. The first-order chi connectivity index (χ1) is 9.18. The van der Waals surface area contributed by atoms with E-state index in [-0.39, 0.29) is 0 Å². The third-order valence-electron chi connectivity index (χ3n) is 3.43. The molecule has 19 heavy (non-hydrogen) atoms. The number of para-hydroxylation sites is 1. The lowest BCUT2D eigenvalue weighted by atomic mass is 9.92. The topological polar surface area (TPSA) is 33.1 Å². The Morgan fingerprint density at radius 3 is 2.32 bits per heavy atom. The number of aromatic nitrogens is 1. The van der Waals surface area contributed by atoms with Gasteiger partial charge in [0.05, 0.1) is 11.2 Å². The van der Waals surface area contributed by atoms with Gasteiger partial charge in [0.25, 0.3) is 0 Å². The van der Waals surface area contributed by atoms with Crippen LogP contribution in [0.3, 0.4) is 0 Å². The van der Waals surface area contributed by atoms with Crippen LogP contribution in [0.15, 0.2) is 66.7 Å². The molecule has 1 heterocycles. The molecular formula is C17H15NO. The maximum absolute atomic E-state index is 10.8. The van der Waals surface area contributed by atoms with Gasteiger partial charge in [-0.15, -0.1) is 0 Å². The molecule has 0 saturated heterocycles. The summed E-state index contributed by atoms with van der Waals surface area (Å²) >= 11 is 0. The molecule has 0 aliphatic rings. The first-order valence-corrected chi connectivity index (χ1v) is 6.32. The van der Waals surface area contributed by atoms with Crippen LogP contribution in [-0.2, 0) is 5.60 Å². The minimum Gasteiger partial charge on any atom is -0.379 e. The van der Waals surface area contributed by atoms with Crippen molar-refractivity contribution in [1.82, 2.24) is 4.98 Å². The van der Waals surface area contributed by atoms with Gasteiger partial charge in [0.1, 0.15) is 5.60 Å². The maximum atomic E-state index is 10.8. The van der Waals surface area contributed by atoms with Crippen molar-refractivity contribution in [2.75, 3.05) is 0 Å². The molecule has 0 aliphatic heterocycles. The Morgan fingerprint density at radius 2 is 1.53 bits per heavy atom. The Hall–Kier alpha value is -2.19. The molecule has 0 amide bonds. The van der Waals surface area contributed by atoms with Crippen molar-refractivity contribution in [3.8, 4) is 0 Å². The summed E-state index contributed by atoms with van der Waals surface area (Å²) in [6, 6.07) is 21.4. The fraction of sp³-hybridized carbons (Fsp3) is 0.118. The number of nitrogens with zero attached hydrogens (tertiary/aromatic N) is 1. The molecule has 1 N–H and O–H groups in total. The van der Waals surface area contributed by atoms with Crippen LogP contribution >= 0.6 is 0 Å². The average Bonchev–Trinajstić information content (AvgIpc) is 2.47. The quantitative estimate of drug-likeness (QED) is 0.754. The zero-order chi connectivity index (χ0) is 13.3. The number of hydrogen-bond donors (Lipinski definition) is 1. The van der Waals surface area contributed by atoms with E-state index in [1.54, 1.807) is 6.92 Å². The van der Waals surface area contributed by atoms with Crippen LogP contribution in [-0.4, -0.2) is 10.1 Å². The van der Waals surface area contributed by atoms with Crippen LogP contribution in [0.4, 0.5) is 0 Å². The number of hydrogen-bond acceptors (Lipinski definition) is 2. The molecule has 0 fully saturated rings. The second-order valence-electron chi connectivity index (χ2n) is 4.83. The van der Waals surface area contributed by atoms with Gasteiger partial charge in [-0.25, -0.2) is 4.98 Å². The third-order valence-corrected chi connectivity index (χ3v) is 3.43. The zero-order valence-corrected chi connectivity index (χ0v) is 10.7. The van der Waals surface area contributed by atoms with E-state index in [0.29, 0.717) is 5.69 Å². The summed E-state index contributed by atoms with van der Waals surface area (Å²) in [6.45, 7) is 1.78. The van der Waals surface area contributed by atoms with E-state index < -0.39 is 5.60 Å². The highest BCUT2D eigenvalue weighted by molar-refractivity contribution is 5.78. The van der Waals surface area contributed by atoms with E-state index in [0.717, 1.165) is 16.5 Å². The Kier molecular flexibility index (Phi) is 2.80. The van der Waals surface area contributed by atoms with Crippen LogP contribution in [0.2, 0.25) is 0 Å². The Labute approximate surface area is 112 Å². The molecule has 2 heteroatoms. The predicted octanol–water partition coefficient (Wildman–Crippen LogP) is 3.49. The number of aliphatic hydroxyl groups is 1. The molecule has 0 radical (unpaired) electrons. The van der Waals surface area contributed by atoms with Gasteiger partial charge < -0.3 is 5.11 Å². The van der Waals surface area contributed by atoms with Crippen LogP contribution in [0.5, 0.6) is 0 Å². The molecule has 0 aliphatic carbocycles. The van der Waals surface area contributed by atoms with E-state index in [1.807, 2.05) is 66.7 Å². The first-order valence-electron chi connectivity index (χ1n) is 6.32. The summed E-state index contributed by atoms with van der Waals surface area (Å²) in [5.74, 6) is 0. The highest BCUT2D eigenvalue weighted by Crippen LogP contribution is 2.28. The number of pyridine rings is 1. The molecule has 1 atom stereocenters. The average molecular weight is 249 g/mol. The van der Waals surface area contributed by atoms with Crippen molar-refractivity contribution in [1.29, 1.82) is 0 Å². The number of fused-ring (bicyclic) bond motifs is 1. The van der Waals surface area contributed by atoms with Gasteiger partial charge in [-0.2, -0.15) is 0 Å². The summed E-state index contributed by atoms with van der Waals surface area (Å²) in [7, 11) is 0. The van der Waals surface area contributed by atoms with Gasteiger partial charge in [-0.1, -0.05) is 54.6 Å². The van der Waals surface area contributed by atoms with Gasteiger partial charge in [0.15, 0.2) is 0 Å². The summed E-state index contributed by atoms with van der Waals surface area (Å²) < 4.78 is 0. The molecule has 1 aromatic heterocycles. The summed E-state index contributed by atoms with van der Waals surface area (Å²) in [5, 5.41) is 11.8. The molecule has 0 unspecified atom stereocenters. The van der Waals surface area contributed by atoms with Gasteiger partial charge in [-0.05, 0) is 24.6 Å². The largest absolute Gasteiger partial charge is 0.379 e. The fourth-order valence-electron chi connectivity index (χ4n) is 2.25. The lowest BCUT2D eigenvalue weighted by Crippen LogP contribution is -2.24. The van der Waals surface area contributed by atoms with Crippen molar-refractivity contribution in [2.24, 2.45) is 0 Å². The van der Waals surface area contributed by atoms with Crippen molar-refractivity contribution in [3.05, 3.63) is 78.0 Å². The summed E-state index contributed by atoms with van der Waals surface area (Å²) in [6.07, 6.45) is 0. The van der Waals surface area contributed by atoms with Crippen molar-refractivity contribution in [2.45, 2.75) is 12.5 Å². The molecule has 0 bridgehead atoms. The molecule has 3 aromatic rings. The summed E-state index contributed by atoms with van der Waals surface area (Å²) in [5.41, 5.74) is 1.33. The zero-order valence-electron chi connectivity index (χ0n) is 10.7. The second-order valence-corrected chi connectivity index (χ2v) is 4.83. The molecular weight excluding hydrogens is 234 g/mol. The number of rotatable bonds is 2. The lowest BCUT2D eigenvalue weighted by Gasteiger charge is -2.23. The minimum absolute atomic E-state index is 0.664. The number of benzene rings is 2. The van der Waals surface area contributed by atoms with Crippen molar-refractivity contribution in [3.63, 3.8) is 0 Å². The van der Waals surface area contributed by atoms with Crippen molar-refractivity contribution < 1.29 is 5.11 Å². The highest BCUT2D eigenvalue weighted by atomic mass is 16.3. The van der Waals surface area contributed by atoms with Crippen LogP contribution in [0.25, 0.3) is 10.9 Å². The van der Waals surface area contributed by atoms with E-state index >= 15 is 0 Å². The first kappa shape index (κ1) is 11.9. The van der Waals surface area contributed by atoms with E-state index in [1.165, 1.54) is 0 Å². The van der Waals surface area contributed by atoms with Gasteiger partial charge in [0.2, 0.25) is 0 Å². The smallest absolute Gasteiger partial charge is 0.129 e. The third kappa shape index (κ3) is 2.11. The molecule has 2 aromatic carbocycles. The fourth-order valence-corrected chi connectivity index (χ4v) is 2.25. The SMILES string of the molecule is C[C@@](O)(c1ccccc1)c1ccc2ccccc2n1. The second kappa shape index (κ2) is 4.48. The van der Waals surface area contributed by atoms with E-state index in [9.17, 15) is 5.11 Å². The lowest BCUT2D eigenvalue weighted by molar-refractivity contribution is 0.0978. The van der Waals surface area contributed by atoms with E-state index in [4.69, 9.17) is 0 Å². The van der Waals surface area contributed by atoms with Gasteiger partial charge in [0, 0.05) is 5.39 Å². The molecule has 0 spiro atoms. The van der Waals surface area contributed by atoms with Crippen LogP contribution in [0.1, 0.15) is 18.2 Å².